The molecule has 0 atom stereocenters. The van der Waals surface area contributed by atoms with Gasteiger partial charge in [-0.15, -0.1) is 0 Å². The molecule has 1 fully saturated rings. The van der Waals surface area contributed by atoms with Crippen LogP contribution in [0, 0.1) is 13.8 Å². The predicted molar refractivity (Wildman–Crippen MR) is 77.4 cm³/mol. The number of hydrogen-bond donors (Lipinski definition) is 2. The van der Waals surface area contributed by atoms with Crippen LogP contribution in [0.3, 0.4) is 0 Å². The van der Waals surface area contributed by atoms with E-state index in [1.165, 1.54) is 4.90 Å². The van der Waals surface area contributed by atoms with Crippen molar-refractivity contribution in [1.82, 2.24) is 19.4 Å². The number of carbonyl (C=O) groups is 1. The normalized spacial score (nSPS) is 16.3. The lowest BCUT2D eigenvalue weighted by Crippen LogP contribution is -2.62. The first-order valence-electron chi connectivity index (χ1n) is 6.76. The van der Waals surface area contributed by atoms with Gasteiger partial charge < -0.3 is 10.6 Å². The Hall–Kier alpha value is -1.61. The average molecular weight is 315 g/mol. The number of rotatable bonds is 4. The molecule has 1 aliphatic heterocycles. The van der Waals surface area contributed by atoms with E-state index in [9.17, 15) is 13.2 Å². The van der Waals surface area contributed by atoms with Gasteiger partial charge in [0.25, 0.3) is 0 Å². The summed E-state index contributed by atoms with van der Waals surface area (Å²) in [4.78, 5) is 12.5. The number of hydrogen-bond acceptors (Lipinski definition) is 4. The van der Waals surface area contributed by atoms with Gasteiger partial charge in [-0.3, -0.25) is 4.68 Å². The molecule has 2 rings (SSSR count). The molecule has 0 radical (unpaired) electrons. The lowest BCUT2D eigenvalue weighted by Gasteiger charge is -2.37. The summed E-state index contributed by atoms with van der Waals surface area (Å²) >= 11 is 0. The highest BCUT2D eigenvalue weighted by Crippen LogP contribution is 2.23. The molecule has 0 aromatic carbocycles. The minimum absolute atomic E-state index is 0.0849. The van der Waals surface area contributed by atoms with Crippen molar-refractivity contribution in [3.05, 3.63) is 11.4 Å². The molecule has 1 aromatic rings. The van der Waals surface area contributed by atoms with Gasteiger partial charge in [0.1, 0.15) is 4.90 Å². The molecule has 0 unspecified atom stereocenters. The Morgan fingerprint density at radius 1 is 1.38 bits per heavy atom. The summed E-state index contributed by atoms with van der Waals surface area (Å²) in [7, 11) is -3.66. The number of sulfonamides is 1. The molecule has 2 heterocycles. The molecule has 118 valence electrons. The standard InChI is InChI=1S/C12H21N5O3S/c1-7(2)17-9(4)11(8(3)14-17)21(19,20)15-10-5-16(6-10)12(13)18/h7,10,15H,5-6H2,1-4H3,(H2,13,18). The molecule has 0 saturated carbocycles. The van der Waals surface area contributed by atoms with Gasteiger partial charge in [0.15, 0.2) is 0 Å². The molecule has 8 nitrogen and oxygen atoms in total. The zero-order valence-corrected chi connectivity index (χ0v) is 13.4. The molecule has 1 saturated heterocycles. The summed E-state index contributed by atoms with van der Waals surface area (Å²) in [6.45, 7) is 7.90. The third kappa shape index (κ3) is 2.88. The van der Waals surface area contributed by atoms with E-state index in [1.54, 1.807) is 18.5 Å². The number of aromatic nitrogens is 2. The highest BCUT2D eigenvalue weighted by atomic mass is 32.2. The maximum atomic E-state index is 12.5. The zero-order chi connectivity index (χ0) is 15.9. The van der Waals surface area contributed by atoms with Crippen LogP contribution in [0.1, 0.15) is 31.3 Å². The van der Waals surface area contributed by atoms with Gasteiger partial charge in [0.2, 0.25) is 10.0 Å². The van der Waals surface area contributed by atoms with Crippen molar-refractivity contribution in [2.24, 2.45) is 5.73 Å². The number of primary amides is 1. The van der Waals surface area contributed by atoms with Crippen LogP contribution in [0.5, 0.6) is 0 Å². The molecule has 1 aliphatic rings. The number of aryl methyl sites for hydroxylation is 1. The first kappa shape index (κ1) is 15.8. The molecule has 1 aromatic heterocycles. The third-order valence-corrected chi connectivity index (χ3v) is 5.30. The topological polar surface area (TPSA) is 110 Å². The zero-order valence-electron chi connectivity index (χ0n) is 12.6. The van der Waals surface area contributed by atoms with Crippen LogP contribution in [0.25, 0.3) is 0 Å². The maximum Gasteiger partial charge on any atom is 0.314 e. The summed E-state index contributed by atoms with van der Waals surface area (Å²) < 4.78 is 29.3. The van der Waals surface area contributed by atoms with Crippen molar-refractivity contribution in [3.63, 3.8) is 0 Å². The van der Waals surface area contributed by atoms with E-state index in [0.29, 0.717) is 24.5 Å². The Balaban J connectivity index is 2.20. The van der Waals surface area contributed by atoms with Gasteiger partial charge in [-0.25, -0.2) is 17.9 Å². The Labute approximate surface area is 124 Å². The highest BCUT2D eigenvalue weighted by molar-refractivity contribution is 7.89. The fourth-order valence-electron chi connectivity index (χ4n) is 2.55. The number of nitrogens with zero attached hydrogens (tertiary/aromatic N) is 3. The summed E-state index contributed by atoms with van der Waals surface area (Å²) in [5, 5.41) is 4.28. The van der Waals surface area contributed by atoms with Gasteiger partial charge >= 0.3 is 6.03 Å². The van der Waals surface area contributed by atoms with Crippen molar-refractivity contribution < 1.29 is 13.2 Å². The van der Waals surface area contributed by atoms with E-state index in [2.05, 4.69) is 9.82 Å². The van der Waals surface area contributed by atoms with Crippen molar-refractivity contribution >= 4 is 16.1 Å². The molecule has 0 aliphatic carbocycles. The average Bonchev–Trinajstić information content (AvgIpc) is 2.59. The van der Waals surface area contributed by atoms with Crippen molar-refractivity contribution in [1.29, 1.82) is 0 Å². The predicted octanol–water partition coefficient (Wildman–Crippen LogP) is 0.122. The van der Waals surface area contributed by atoms with Gasteiger partial charge in [-0.05, 0) is 27.7 Å². The SMILES string of the molecule is Cc1nn(C(C)C)c(C)c1S(=O)(=O)NC1CN(C(N)=O)C1. The fraction of sp³-hybridized carbons (Fsp3) is 0.667. The smallest absolute Gasteiger partial charge is 0.314 e. The quantitative estimate of drug-likeness (QED) is 0.822. The van der Waals surface area contributed by atoms with Gasteiger partial charge in [0, 0.05) is 19.1 Å². The number of urea groups is 1. The Morgan fingerprint density at radius 2 is 1.95 bits per heavy atom. The monoisotopic (exact) mass is 315 g/mol. The number of nitrogens with one attached hydrogen (secondary N) is 1. The molecule has 9 heteroatoms. The van der Waals surface area contributed by atoms with Crippen molar-refractivity contribution in [3.8, 4) is 0 Å². The summed E-state index contributed by atoms with van der Waals surface area (Å²) in [6, 6.07) is -0.754. The molecule has 0 bridgehead atoms. The van der Waals surface area contributed by atoms with E-state index >= 15 is 0 Å². The molecule has 0 spiro atoms. The first-order valence-corrected chi connectivity index (χ1v) is 8.24. The van der Waals surface area contributed by atoms with Crippen LogP contribution >= 0.6 is 0 Å². The van der Waals surface area contributed by atoms with Gasteiger partial charge in [-0.1, -0.05) is 0 Å². The minimum Gasteiger partial charge on any atom is -0.351 e. The molecular formula is C12H21N5O3S. The second kappa shape index (κ2) is 5.30. The number of amides is 2. The number of nitrogens with two attached hydrogens (primary N) is 1. The molecule has 3 N–H and O–H groups in total. The van der Waals surface area contributed by atoms with E-state index in [1.807, 2.05) is 13.8 Å². The van der Waals surface area contributed by atoms with E-state index in [-0.39, 0.29) is 17.0 Å². The largest absolute Gasteiger partial charge is 0.351 e. The van der Waals surface area contributed by atoms with Gasteiger partial charge in [0.05, 0.1) is 17.4 Å². The van der Waals surface area contributed by atoms with E-state index in [4.69, 9.17) is 5.73 Å². The lowest BCUT2D eigenvalue weighted by atomic mass is 10.1. The Bertz CT molecular complexity index is 659. The second-order valence-electron chi connectivity index (χ2n) is 5.60. The summed E-state index contributed by atoms with van der Waals surface area (Å²) in [6.07, 6.45) is 0. The molecule has 21 heavy (non-hydrogen) atoms. The van der Waals surface area contributed by atoms with Crippen LogP contribution in [0.15, 0.2) is 4.90 Å². The van der Waals surface area contributed by atoms with E-state index in [0.717, 1.165) is 0 Å². The Kier molecular flexibility index (Phi) is 3.98. The van der Waals surface area contributed by atoms with Crippen molar-refractivity contribution in [2.75, 3.05) is 13.1 Å². The van der Waals surface area contributed by atoms with Crippen LogP contribution in [-0.4, -0.2) is 48.3 Å². The lowest BCUT2D eigenvalue weighted by molar-refractivity contribution is 0.155. The fourth-order valence-corrected chi connectivity index (χ4v) is 4.17. The van der Waals surface area contributed by atoms with Crippen LogP contribution in [-0.2, 0) is 10.0 Å². The van der Waals surface area contributed by atoms with Crippen LogP contribution < -0.4 is 10.5 Å². The van der Waals surface area contributed by atoms with E-state index < -0.39 is 16.1 Å². The third-order valence-electron chi connectivity index (χ3n) is 3.53. The minimum atomic E-state index is -3.66. The van der Waals surface area contributed by atoms with Crippen molar-refractivity contribution in [2.45, 2.75) is 44.7 Å². The maximum absolute atomic E-state index is 12.5. The Morgan fingerprint density at radius 3 is 2.38 bits per heavy atom. The first-order chi connectivity index (χ1) is 9.63. The number of carbonyl (C=O) groups excluding carboxylic acids is 1. The second-order valence-corrected chi connectivity index (χ2v) is 7.25. The highest BCUT2D eigenvalue weighted by Gasteiger charge is 2.35. The van der Waals surface area contributed by atoms with Crippen LogP contribution in [0.2, 0.25) is 0 Å². The molecular weight excluding hydrogens is 294 g/mol. The van der Waals surface area contributed by atoms with Crippen LogP contribution in [0.4, 0.5) is 4.79 Å². The summed E-state index contributed by atoms with van der Waals surface area (Å²) in [5.74, 6) is 0. The number of likely N-dealkylation sites (tertiary alicyclic amines) is 1. The summed E-state index contributed by atoms with van der Waals surface area (Å²) in [5.41, 5.74) is 6.20. The van der Waals surface area contributed by atoms with Gasteiger partial charge in [-0.2, -0.15) is 5.10 Å². The molecule has 2 amide bonds.